The Bertz CT molecular complexity index is 440. The first kappa shape index (κ1) is 10.7. The standard InChI is InChI=1S/C10H13N3O3/c1-6-5-7(12-13(6)2)8(14)11-10(3-4-10)9(15)16/h5H,3-4H2,1-2H3,(H,11,14)(H,15,16). The van der Waals surface area contributed by atoms with E-state index in [0.29, 0.717) is 12.8 Å². The predicted octanol–water partition coefficient (Wildman–Crippen LogP) is 0.0755. The van der Waals surface area contributed by atoms with Crippen LogP contribution < -0.4 is 5.32 Å². The van der Waals surface area contributed by atoms with E-state index in [4.69, 9.17) is 5.11 Å². The number of carboxylic acid groups (broad SMARTS) is 1. The summed E-state index contributed by atoms with van der Waals surface area (Å²) in [5.74, 6) is -1.41. The Labute approximate surface area is 92.3 Å². The van der Waals surface area contributed by atoms with Crippen LogP contribution in [-0.4, -0.2) is 32.3 Å². The lowest BCUT2D eigenvalue weighted by molar-refractivity contribution is -0.140. The Balaban J connectivity index is 2.12. The Hall–Kier alpha value is -1.85. The molecule has 1 aromatic heterocycles. The van der Waals surface area contributed by atoms with Crippen LogP contribution in [0, 0.1) is 6.92 Å². The maximum Gasteiger partial charge on any atom is 0.329 e. The van der Waals surface area contributed by atoms with Gasteiger partial charge in [-0.15, -0.1) is 0 Å². The summed E-state index contributed by atoms with van der Waals surface area (Å²) in [5.41, 5.74) is 0.0561. The van der Waals surface area contributed by atoms with E-state index >= 15 is 0 Å². The average Bonchev–Trinajstić information content (AvgIpc) is 2.90. The molecule has 2 N–H and O–H groups in total. The Morgan fingerprint density at radius 1 is 1.56 bits per heavy atom. The molecule has 1 saturated carbocycles. The van der Waals surface area contributed by atoms with Crippen molar-refractivity contribution in [2.45, 2.75) is 25.3 Å². The van der Waals surface area contributed by atoms with Crippen molar-refractivity contribution in [3.63, 3.8) is 0 Å². The van der Waals surface area contributed by atoms with Crippen LogP contribution in [0.25, 0.3) is 0 Å². The summed E-state index contributed by atoms with van der Waals surface area (Å²) in [6.07, 6.45) is 0.972. The van der Waals surface area contributed by atoms with Crippen LogP contribution in [-0.2, 0) is 11.8 Å². The smallest absolute Gasteiger partial charge is 0.329 e. The molecule has 1 fully saturated rings. The van der Waals surface area contributed by atoms with E-state index in [9.17, 15) is 9.59 Å². The lowest BCUT2D eigenvalue weighted by atomic mass is 10.2. The number of carboxylic acids is 1. The zero-order chi connectivity index (χ0) is 11.9. The van der Waals surface area contributed by atoms with E-state index in [2.05, 4.69) is 10.4 Å². The minimum atomic E-state index is -1.05. The van der Waals surface area contributed by atoms with Crippen molar-refractivity contribution >= 4 is 11.9 Å². The summed E-state index contributed by atoms with van der Waals surface area (Å²) in [4.78, 5) is 22.6. The highest BCUT2D eigenvalue weighted by atomic mass is 16.4. The fraction of sp³-hybridized carbons (Fsp3) is 0.500. The van der Waals surface area contributed by atoms with Gasteiger partial charge in [-0.25, -0.2) is 4.79 Å². The minimum Gasteiger partial charge on any atom is -0.480 e. The van der Waals surface area contributed by atoms with Crippen LogP contribution in [0.1, 0.15) is 29.0 Å². The van der Waals surface area contributed by atoms with Crippen LogP contribution in [0.15, 0.2) is 6.07 Å². The lowest BCUT2D eigenvalue weighted by Gasteiger charge is -2.10. The first-order valence-electron chi connectivity index (χ1n) is 5.01. The average molecular weight is 223 g/mol. The number of nitrogens with one attached hydrogen (secondary N) is 1. The molecule has 2 rings (SSSR count). The van der Waals surface area contributed by atoms with Gasteiger partial charge in [0.2, 0.25) is 0 Å². The summed E-state index contributed by atoms with van der Waals surface area (Å²) >= 11 is 0. The molecule has 0 bridgehead atoms. The molecule has 1 heterocycles. The first-order chi connectivity index (χ1) is 7.44. The molecule has 1 aliphatic carbocycles. The quantitative estimate of drug-likeness (QED) is 0.759. The number of aliphatic carboxylic acids is 1. The van der Waals surface area contributed by atoms with Crippen molar-refractivity contribution in [3.8, 4) is 0 Å². The van der Waals surface area contributed by atoms with Gasteiger partial charge in [0.25, 0.3) is 5.91 Å². The first-order valence-corrected chi connectivity index (χ1v) is 5.01. The van der Waals surface area contributed by atoms with Crippen LogP contribution in [0.5, 0.6) is 0 Å². The zero-order valence-electron chi connectivity index (χ0n) is 9.15. The normalized spacial score (nSPS) is 16.9. The molecule has 0 aliphatic heterocycles. The maximum atomic E-state index is 11.7. The lowest BCUT2D eigenvalue weighted by Crippen LogP contribution is -2.43. The van der Waals surface area contributed by atoms with E-state index in [-0.39, 0.29) is 5.69 Å². The van der Waals surface area contributed by atoms with E-state index in [1.807, 2.05) is 6.92 Å². The minimum absolute atomic E-state index is 0.257. The predicted molar refractivity (Wildman–Crippen MR) is 55.0 cm³/mol. The monoisotopic (exact) mass is 223 g/mol. The molecule has 0 spiro atoms. The summed E-state index contributed by atoms with van der Waals surface area (Å²) < 4.78 is 1.58. The van der Waals surface area contributed by atoms with Crippen molar-refractivity contribution in [2.75, 3.05) is 0 Å². The Kier molecular flexibility index (Phi) is 2.22. The van der Waals surface area contributed by atoms with E-state index in [0.717, 1.165) is 5.69 Å². The third kappa shape index (κ3) is 1.66. The molecule has 86 valence electrons. The largest absolute Gasteiger partial charge is 0.480 e. The van der Waals surface area contributed by atoms with Gasteiger partial charge in [0, 0.05) is 12.7 Å². The van der Waals surface area contributed by atoms with Gasteiger partial charge in [0.1, 0.15) is 11.2 Å². The summed E-state index contributed by atoms with van der Waals surface area (Å²) in [6, 6.07) is 1.63. The molecular weight excluding hydrogens is 210 g/mol. The molecule has 0 unspecified atom stereocenters. The molecule has 16 heavy (non-hydrogen) atoms. The number of aryl methyl sites for hydroxylation is 2. The molecular formula is C10H13N3O3. The van der Waals surface area contributed by atoms with Gasteiger partial charge in [-0.3, -0.25) is 9.48 Å². The van der Waals surface area contributed by atoms with Gasteiger partial charge in [0.15, 0.2) is 0 Å². The highest BCUT2D eigenvalue weighted by Crippen LogP contribution is 2.35. The van der Waals surface area contributed by atoms with Crippen molar-refractivity contribution in [3.05, 3.63) is 17.5 Å². The van der Waals surface area contributed by atoms with Crippen molar-refractivity contribution in [1.82, 2.24) is 15.1 Å². The van der Waals surface area contributed by atoms with Crippen LogP contribution >= 0.6 is 0 Å². The van der Waals surface area contributed by atoms with E-state index < -0.39 is 17.4 Å². The summed E-state index contributed by atoms with van der Waals surface area (Å²) in [6.45, 7) is 1.83. The molecule has 6 heteroatoms. The van der Waals surface area contributed by atoms with Crippen molar-refractivity contribution < 1.29 is 14.7 Å². The van der Waals surface area contributed by atoms with Gasteiger partial charge in [0.05, 0.1) is 0 Å². The van der Waals surface area contributed by atoms with Crippen LogP contribution in [0.2, 0.25) is 0 Å². The summed E-state index contributed by atoms with van der Waals surface area (Å²) in [5, 5.41) is 15.4. The summed E-state index contributed by atoms with van der Waals surface area (Å²) in [7, 11) is 1.73. The molecule has 0 radical (unpaired) electrons. The second-order valence-corrected chi connectivity index (χ2v) is 4.14. The number of carbonyl (C=O) groups is 2. The number of nitrogens with zero attached hydrogens (tertiary/aromatic N) is 2. The molecule has 1 amide bonds. The van der Waals surface area contributed by atoms with E-state index in [1.165, 1.54) is 0 Å². The topological polar surface area (TPSA) is 84.2 Å². The number of carbonyl (C=O) groups excluding carboxylic acids is 1. The van der Waals surface area contributed by atoms with Gasteiger partial charge >= 0.3 is 5.97 Å². The third-order valence-electron chi connectivity index (χ3n) is 2.86. The molecule has 1 aromatic rings. The second-order valence-electron chi connectivity index (χ2n) is 4.14. The van der Waals surface area contributed by atoms with Gasteiger partial charge in [-0.05, 0) is 25.8 Å². The van der Waals surface area contributed by atoms with Crippen molar-refractivity contribution in [1.29, 1.82) is 0 Å². The fourth-order valence-electron chi connectivity index (χ4n) is 1.47. The van der Waals surface area contributed by atoms with Crippen LogP contribution in [0.3, 0.4) is 0 Å². The highest BCUT2D eigenvalue weighted by Gasteiger charge is 2.51. The molecule has 0 atom stereocenters. The van der Waals surface area contributed by atoms with Crippen molar-refractivity contribution in [2.24, 2.45) is 7.05 Å². The Morgan fingerprint density at radius 3 is 2.56 bits per heavy atom. The molecule has 0 saturated heterocycles. The molecule has 6 nitrogen and oxygen atoms in total. The van der Waals surface area contributed by atoms with E-state index in [1.54, 1.807) is 17.8 Å². The fourth-order valence-corrected chi connectivity index (χ4v) is 1.47. The molecule has 0 aromatic carbocycles. The molecule has 1 aliphatic rings. The number of hydrogen-bond acceptors (Lipinski definition) is 3. The van der Waals surface area contributed by atoms with Gasteiger partial charge < -0.3 is 10.4 Å². The van der Waals surface area contributed by atoms with Gasteiger partial charge in [-0.1, -0.05) is 0 Å². The second kappa shape index (κ2) is 3.33. The third-order valence-corrected chi connectivity index (χ3v) is 2.86. The number of aromatic nitrogens is 2. The number of rotatable bonds is 3. The highest BCUT2D eigenvalue weighted by molar-refractivity contribution is 5.97. The SMILES string of the molecule is Cc1cc(C(=O)NC2(C(=O)O)CC2)nn1C. The Morgan fingerprint density at radius 2 is 2.19 bits per heavy atom. The van der Waals surface area contributed by atoms with Gasteiger partial charge in [-0.2, -0.15) is 5.10 Å². The van der Waals surface area contributed by atoms with Crippen LogP contribution in [0.4, 0.5) is 0 Å². The number of hydrogen-bond donors (Lipinski definition) is 2. The zero-order valence-corrected chi connectivity index (χ0v) is 9.15. The maximum absolute atomic E-state index is 11.7. The number of amides is 1.